The van der Waals surface area contributed by atoms with Gasteiger partial charge < -0.3 is 5.21 Å². The third-order valence-electron chi connectivity index (χ3n) is 4.23. The van der Waals surface area contributed by atoms with Crippen molar-refractivity contribution in [3.05, 3.63) is 59.2 Å². The summed E-state index contributed by atoms with van der Waals surface area (Å²) in [7, 11) is 0. The molecule has 0 amide bonds. The number of carbonyl (C=O) groups is 2. The van der Waals surface area contributed by atoms with Crippen LogP contribution in [0.3, 0.4) is 0 Å². The summed E-state index contributed by atoms with van der Waals surface area (Å²) < 4.78 is 0. The fourth-order valence-corrected chi connectivity index (χ4v) is 3.71. The topological polar surface area (TPSA) is 66.7 Å². The van der Waals surface area contributed by atoms with E-state index in [-0.39, 0.29) is 17.3 Å². The molecule has 4 nitrogen and oxygen atoms in total. The SMILES string of the molecule is CCCCC(=O)c1ccc(Sc2ccc3c(c2)CC(=NO)C3=O)cc1. The molecule has 0 spiro atoms. The van der Waals surface area contributed by atoms with Crippen molar-refractivity contribution in [1.82, 2.24) is 0 Å². The Kier molecular flexibility index (Phi) is 5.34. The van der Waals surface area contributed by atoms with Crippen LogP contribution in [0.5, 0.6) is 0 Å². The summed E-state index contributed by atoms with van der Waals surface area (Å²) in [6.45, 7) is 2.08. The monoisotopic (exact) mass is 353 g/mol. The predicted octanol–water partition coefficient (Wildman–Crippen LogP) is 4.78. The number of unbranched alkanes of at least 4 members (excludes halogenated alkanes) is 1. The first-order valence-electron chi connectivity index (χ1n) is 8.32. The van der Waals surface area contributed by atoms with E-state index in [0.717, 1.165) is 33.8 Å². The molecule has 0 atom stereocenters. The number of carbonyl (C=O) groups excluding carboxylic acids is 2. The Morgan fingerprint density at radius 1 is 1.16 bits per heavy atom. The molecule has 0 fully saturated rings. The third-order valence-corrected chi connectivity index (χ3v) is 5.23. The molecule has 0 aliphatic heterocycles. The van der Waals surface area contributed by atoms with Crippen LogP contribution in [-0.4, -0.2) is 22.5 Å². The Labute approximate surface area is 150 Å². The van der Waals surface area contributed by atoms with Gasteiger partial charge in [-0.1, -0.05) is 42.4 Å². The summed E-state index contributed by atoms with van der Waals surface area (Å²) >= 11 is 1.58. The minimum Gasteiger partial charge on any atom is -0.411 e. The molecule has 0 bridgehead atoms. The van der Waals surface area contributed by atoms with Crippen molar-refractivity contribution in [2.24, 2.45) is 5.16 Å². The van der Waals surface area contributed by atoms with Gasteiger partial charge >= 0.3 is 0 Å². The van der Waals surface area contributed by atoms with Crippen LogP contribution in [0.15, 0.2) is 57.4 Å². The lowest BCUT2D eigenvalue weighted by Crippen LogP contribution is -2.06. The maximum absolute atomic E-state index is 12.0. The van der Waals surface area contributed by atoms with Crippen molar-refractivity contribution in [3.63, 3.8) is 0 Å². The Morgan fingerprint density at radius 2 is 1.88 bits per heavy atom. The van der Waals surface area contributed by atoms with Crippen LogP contribution in [0, 0.1) is 0 Å². The van der Waals surface area contributed by atoms with Crippen LogP contribution in [0.25, 0.3) is 0 Å². The first kappa shape index (κ1) is 17.4. The quantitative estimate of drug-likeness (QED) is 0.461. The summed E-state index contributed by atoms with van der Waals surface area (Å²) in [5.41, 5.74) is 2.43. The smallest absolute Gasteiger partial charge is 0.211 e. The summed E-state index contributed by atoms with van der Waals surface area (Å²) in [5.74, 6) is -0.0192. The Balaban J connectivity index is 1.72. The molecule has 0 saturated heterocycles. The van der Waals surface area contributed by atoms with Gasteiger partial charge in [0.2, 0.25) is 5.78 Å². The maximum Gasteiger partial charge on any atom is 0.211 e. The van der Waals surface area contributed by atoms with Crippen molar-refractivity contribution in [2.45, 2.75) is 42.4 Å². The Bertz CT molecular complexity index is 841. The lowest BCUT2D eigenvalue weighted by molar-refractivity contribution is 0.0979. The molecule has 128 valence electrons. The average Bonchev–Trinajstić information content (AvgIpc) is 2.95. The van der Waals surface area contributed by atoms with Crippen LogP contribution in [0.1, 0.15) is 52.5 Å². The van der Waals surface area contributed by atoms with Crippen molar-refractivity contribution in [3.8, 4) is 0 Å². The van der Waals surface area contributed by atoms with Gasteiger partial charge in [-0.25, -0.2) is 0 Å². The van der Waals surface area contributed by atoms with E-state index in [0.29, 0.717) is 18.4 Å². The normalized spacial score (nSPS) is 14.8. The van der Waals surface area contributed by atoms with Crippen molar-refractivity contribution >= 4 is 29.0 Å². The summed E-state index contributed by atoms with van der Waals surface area (Å²) in [6, 6.07) is 13.3. The van der Waals surface area contributed by atoms with Crippen LogP contribution in [-0.2, 0) is 6.42 Å². The van der Waals surface area contributed by atoms with Gasteiger partial charge in [-0.3, -0.25) is 9.59 Å². The van der Waals surface area contributed by atoms with Crippen LogP contribution < -0.4 is 0 Å². The molecule has 1 N–H and O–H groups in total. The Morgan fingerprint density at radius 3 is 2.56 bits per heavy atom. The second kappa shape index (κ2) is 7.66. The van der Waals surface area contributed by atoms with Gasteiger partial charge in [-0.05, 0) is 42.3 Å². The first-order chi connectivity index (χ1) is 12.1. The van der Waals surface area contributed by atoms with Gasteiger partial charge in [-0.2, -0.15) is 0 Å². The predicted molar refractivity (Wildman–Crippen MR) is 98.1 cm³/mol. The number of nitrogens with zero attached hydrogens (tertiary/aromatic N) is 1. The standard InChI is InChI=1S/C20H19NO3S/c1-2-3-4-19(22)13-5-7-15(8-6-13)25-16-9-10-17-14(11-16)12-18(21-24)20(17)23/h5-11,24H,2-4,12H2,1H3. The van der Waals surface area contributed by atoms with E-state index in [4.69, 9.17) is 5.21 Å². The number of benzene rings is 2. The van der Waals surface area contributed by atoms with Crippen LogP contribution in [0.2, 0.25) is 0 Å². The van der Waals surface area contributed by atoms with Gasteiger partial charge in [0.05, 0.1) is 0 Å². The van der Waals surface area contributed by atoms with E-state index in [1.54, 1.807) is 17.8 Å². The summed E-state index contributed by atoms with van der Waals surface area (Å²) in [4.78, 5) is 26.0. The summed E-state index contributed by atoms with van der Waals surface area (Å²) in [6.07, 6.45) is 2.89. The zero-order valence-corrected chi connectivity index (χ0v) is 14.8. The van der Waals surface area contributed by atoms with Gasteiger partial charge in [-0.15, -0.1) is 0 Å². The van der Waals surface area contributed by atoms with Crippen molar-refractivity contribution in [2.75, 3.05) is 0 Å². The number of ketones is 2. The highest BCUT2D eigenvalue weighted by Crippen LogP contribution is 2.31. The largest absolute Gasteiger partial charge is 0.411 e. The number of hydrogen-bond acceptors (Lipinski definition) is 5. The zero-order valence-electron chi connectivity index (χ0n) is 14.0. The molecule has 3 rings (SSSR count). The second-order valence-electron chi connectivity index (χ2n) is 6.02. The van der Waals surface area contributed by atoms with E-state index < -0.39 is 0 Å². The molecule has 0 saturated carbocycles. The molecule has 0 heterocycles. The molecule has 1 aliphatic rings. The van der Waals surface area contributed by atoms with Crippen LogP contribution in [0.4, 0.5) is 0 Å². The molecular weight excluding hydrogens is 334 g/mol. The first-order valence-corrected chi connectivity index (χ1v) is 9.13. The highest BCUT2D eigenvalue weighted by Gasteiger charge is 2.27. The summed E-state index contributed by atoms with van der Waals surface area (Å²) in [5, 5.41) is 11.9. The fraction of sp³-hybridized carbons (Fsp3) is 0.250. The van der Waals surface area contributed by atoms with Gasteiger partial charge in [0.25, 0.3) is 0 Å². The second-order valence-corrected chi connectivity index (χ2v) is 7.17. The lowest BCUT2D eigenvalue weighted by atomic mass is 10.1. The van der Waals surface area contributed by atoms with Gasteiger partial charge in [0.1, 0.15) is 5.71 Å². The third kappa shape index (κ3) is 3.82. The van der Waals surface area contributed by atoms with Gasteiger partial charge in [0, 0.05) is 33.8 Å². The van der Waals surface area contributed by atoms with Crippen molar-refractivity contribution in [1.29, 1.82) is 0 Å². The molecule has 0 unspecified atom stereocenters. The van der Waals surface area contributed by atoms with Crippen LogP contribution >= 0.6 is 11.8 Å². The highest BCUT2D eigenvalue weighted by molar-refractivity contribution is 7.99. The van der Waals surface area contributed by atoms with E-state index >= 15 is 0 Å². The number of fused-ring (bicyclic) bond motifs is 1. The van der Waals surface area contributed by atoms with E-state index in [1.165, 1.54) is 0 Å². The fourth-order valence-electron chi connectivity index (χ4n) is 2.82. The molecule has 0 radical (unpaired) electrons. The molecule has 1 aliphatic carbocycles. The van der Waals surface area contributed by atoms with E-state index in [2.05, 4.69) is 12.1 Å². The molecule has 0 aromatic heterocycles. The van der Waals surface area contributed by atoms with E-state index in [9.17, 15) is 9.59 Å². The Hall–Kier alpha value is -2.40. The number of oxime groups is 1. The molecular formula is C20H19NO3S. The number of Topliss-reactive ketones (excluding diaryl/α,β-unsaturated/α-hetero) is 2. The molecule has 25 heavy (non-hydrogen) atoms. The molecule has 2 aromatic carbocycles. The highest BCUT2D eigenvalue weighted by atomic mass is 32.2. The minimum atomic E-state index is -0.205. The van der Waals surface area contributed by atoms with E-state index in [1.807, 2.05) is 36.4 Å². The lowest BCUT2D eigenvalue weighted by Gasteiger charge is -2.05. The maximum atomic E-state index is 12.0. The number of rotatable bonds is 6. The zero-order chi connectivity index (χ0) is 17.8. The van der Waals surface area contributed by atoms with Crippen molar-refractivity contribution < 1.29 is 14.8 Å². The average molecular weight is 353 g/mol. The number of hydrogen-bond donors (Lipinski definition) is 1. The molecule has 5 heteroatoms. The molecule has 2 aromatic rings. The van der Waals surface area contributed by atoms with Gasteiger partial charge in [0.15, 0.2) is 5.78 Å². The minimum absolute atomic E-state index is 0.185.